The lowest BCUT2D eigenvalue weighted by atomic mass is 9.89. The summed E-state index contributed by atoms with van der Waals surface area (Å²) < 4.78 is 16.9. The Morgan fingerprint density at radius 2 is 1.50 bits per heavy atom. The zero-order valence-corrected chi connectivity index (χ0v) is 16.4. The summed E-state index contributed by atoms with van der Waals surface area (Å²) in [6, 6.07) is 8.55. The van der Waals surface area contributed by atoms with Crippen LogP contribution in [0.3, 0.4) is 0 Å². The minimum Gasteiger partial charge on any atom is -0.330 e. The van der Waals surface area contributed by atoms with Crippen LogP contribution < -0.4 is 0 Å². The molecule has 1 aromatic rings. The molecule has 1 rings (SSSR count). The molecular weight excluding hydrogens is 324 g/mol. The molecule has 0 bridgehead atoms. The molecular formula is C20H33ClO3. The fraction of sp³-hybridized carbons (Fsp3) is 0.700. The van der Waals surface area contributed by atoms with Crippen LogP contribution in [0.2, 0.25) is 0 Å². The molecule has 4 heteroatoms. The Balaban J connectivity index is 2.90. The van der Waals surface area contributed by atoms with Crippen LogP contribution in [0.5, 0.6) is 0 Å². The number of rotatable bonds is 13. The van der Waals surface area contributed by atoms with E-state index in [0.29, 0.717) is 5.88 Å². The van der Waals surface area contributed by atoms with E-state index in [1.807, 2.05) is 0 Å². The Morgan fingerprint density at radius 1 is 0.917 bits per heavy atom. The number of unbranched alkanes of at least 4 members (excludes halogenated alkanes) is 4. The first-order valence-electron chi connectivity index (χ1n) is 8.97. The highest BCUT2D eigenvalue weighted by atomic mass is 35.5. The molecule has 3 nitrogen and oxygen atoms in total. The molecule has 0 amide bonds. The maximum absolute atomic E-state index is 5.83. The molecule has 0 saturated heterocycles. The average Bonchev–Trinajstić information content (AvgIpc) is 2.62. The summed E-state index contributed by atoms with van der Waals surface area (Å²) in [5, 5.41) is 0. The minimum absolute atomic E-state index is 0.0316. The van der Waals surface area contributed by atoms with Gasteiger partial charge in [-0.15, -0.1) is 11.6 Å². The van der Waals surface area contributed by atoms with Crippen LogP contribution in [0.15, 0.2) is 24.3 Å². The topological polar surface area (TPSA) is 27.7 Å². The van der Waals surface area contributed by atoms with E-state index in [4.69, 9.17) is 25.8 Å². The van der Waals surface area contributed by atoms with Gasteiger partial charge in [-0.2, -0.15) is 0 Å². The molecule has 0 aliphatic heterocycles. The molecule has 1 unspecified atom stereocenters. The van der Waals surface area contributed by atoms with Crippen molar-refractivity contribution in [3.8, 4) is 0 Å². The number of aryl methyl sites for hydroxylation is 1. The average molecular weight is 357 g/mol. The van der Waals surface area contributed by atoms with Crippen molar-refractivity contribution in [3.05, 3.63) is 35.4 Å². The number of methoxy groups -OCH3 is 3. The van der Waals surface area contributed by atoms with Crippen LogP contribution in [0, 0.1) is 0 Å². The van der Waals surface area contributed by atoms with Gasteiger partial charge in [0, 0.05) is 27.2 Å². The van der Waals surface area contributed by atoms with Crippen molar-refractivity contribution < 1.29 is 14.2 Å². The minimum atomic E-state index is -1.04. The van der Waals surface area contributed by atoms with Gasteiger partial charge >= 0.3 is 0 Å². The highest BCUT2D eigenvalue weighted by molar-refractivity contribution is 6.17. The molecule has 0 aliphatic rings. The predicted octanol–water partition coefficient (Wildman–Crippen LogP) is 5.51. The standard InChI is InChI=1S/C20H33ClO3/c1-5-6-7-8-9-10-19(20(22-2,23-3)24-4)18-13-11-17(12-14-18)15-16-21/h11-14,19H,5-10,15-16H2,1-4H3. The van der Waals surface area contributed by atoms with Crippen molar-refractivity contribution in [2.45, 2.75) is 63.8 Å². The lowest BCUT2D eigenvalue weighted by molar-refractivity contribution is -0.365. The van der Waals surface area contributed by atoms with Crippen LogP contribution in [-0.4, -0.2) is 33.2 Å². The second-order valence-electron chi connectivity index (χ2n) is 6.15. The fourth-order valence-electron chi connectivity index (χ4n) is 3.20. The highest BCUT2D eigenvalue weighted by Crippen LogP contribution is 2.37. The van der Waals surface area contributed by atoms with Gasteiger partial charge in [-0.1, -0.05) is 63.3 Å². The second kappa shape index (κ2) is 11.9. The molecule has 138 valence electrons. The fourth-order valence-corrected chi connectivity index (χ4v) is 3.42. The van der Waals surface area contributed by atoms with E-state index in [0.717, 1.165) is 19.3 Å². The normalized spacial score (nSPS) is 13.2. The van der Waals surface area contributed by atoms with Gasteiger partial charge in [0.15, 0.2) is 0 Å². The summed E-state index contributed by atoms with van der Waals surface area (Å²) >= 11 is 5.83. The molecule has 0 fully saturated rings. The predicted molar refractivity (Wildman–Crippen MR) is 101 cm³/mol. The van der Waals surface area contributed by atoms with Crippen LogP contribution in [-0.2, 0) is 20.6 Å². The quantitative estimate of drug-likeness (QED) is 0.265. The van der Waals surface area contributed by atoms with Gasteiger partial charge in [0.1, 0.15) is 0 Å². The van der Waals surface area contributed by atoms with E-state index >= 15 is 0 Å². The first kappa shape index (κ1) is 21.4. The van der Waals surface area contributed by atoms with Gasteiger partial charge in [0.05, 0.1) is 5.92 Å². The van der Waals surface area contributed by atoms with E-state index < -0.39 is 5.97 Å². The van der Waals surface area contributed by atoms with Crippen molar-refractivity contribution in [2.24, 2.45) is 0 Å². The zero-order valence-electron chi connectivity index (χ0n) is 15.6. The zero-order chi connectivity index (χ0) is 17.8. The van der Waals surface area contributed by atoms with Crippen LogP contribution in [0.25, 0.3) is 0 Å². The van der Waals surface area contributed by atoms with Crippen LogP contribution >= 0.6 is 11.6 Å². The summed E-state index contributed by atoms with van der Waals surface area (Å²) in [5.41, 5.74) is 2.42. The first-order valence-corrected chi connectivity index (χ1v) is 9.51. The second-order valence-corrected chi connectivity index (χ2v) is 6.53. The Kier molecular flexibility index (Phi) is 10.6. The van der Waals surface area contributed by atoms with E-state index in [9.17, 15) is 0 Å². The summed E-state index contributed by atoms with van der Waals surface area (Å²) in [6.07, 6.45) is 8.03. The van der Waals surface area contributed by atoms with Crippen LogP contribution in [0.4, 0.5) is 0 Å². The van der Waals surface area contributed by atoms with Gasteiger partial charge in [0.2, 0.25) is 0 Å². The Hall–Kier alpha value is -0.610. The molecule has 24 heavy (non-hydrogen) atoms. The Bertz CT molecular complexity index is 421. The monoisotopic (exact) mass is 356 g/mol. The van der Waals surface area contributed by atoms with Crippen molar-refractivity contribution in [3.63, 3.8) is 0 Å². The van der Waals surface area contributed by atoms with E-state index in [-0.39, 0.29) is 5.92 Å². The van der Waals surface area contributed by atoms with Gasteiger partial charge in [-0.25, -0.2) is 0 Å². The number of hydrogen-bond acceptors (Lipinski definition) is 3. The Labute approximate surface area is 152 Å². The first-order chi connectivity index (χ1) is 11.7. The van der Waals surface area contributed by atoms with E-state index in [2.05, 4.69) is 31.2 Å². The molecule has 1 atom stereocenters. The van der Waals surface area contributed by atoms with E-state index in [1.165, 1.54) is 36.8 Å². The molecule has 0 aromatic heterocycles. The number of benzene rings is 1. The number of alkyl halides is 1. The third kappa shape index (κ3) is 6.03. The van der Waals surface area contributed by atoms with Gasteiger partial charge in [-0.3, -0.25) is 0 Å². The van der Waals surface area contributed by atoms with Crippen molar-refractivity contribution in [2.75, 3.05) is 27.2 Å². The molecule has 0 heterocycles. The molecule has 0 radical (unpaired) electrons. The maximum Gasteiger partial charge on any atom is 0.289 e. The summed E-state index contributed by atoms with van der Waals surface area (Å²) in [6.45, 7) is 2.23. The lowest BCUT2D eigenvalue weighted by Crippen LogP contribution is -2.42. The molecule has 0 aliphatic carbocycles. The summed E-state index contributed by atoms with van der Waals surface area (Å²) in [4.78, 5) is 0. The highest BCUT2D eigenvalue weighted by Gasteiger charge is 2.40. The molecule has 0 spiro atoms. The smallest absolute Gasteiger partial charge is 0.289 e. The van der Waals surface area contributed by atoms with Crippen LogP contribution in [0.1, 0.15) is 62.5 Å². The third-order valence-corrected chi connectivity index (χ3v) is 4.83. The molecule has 0 saturated carbocycles. The largest absolute Gasteiger partial charge is 0.330 e. The molecule has 1 aromatic carbocycles. The maximum atomic E-state index is 5.83. The van der Waals surface area contributed by atoms with E-state index in [1.54, 1.807) is 21.3 Å². The number of halogens is 1. The van der Waals surface area contributed by atoms with Gasteiger partial charge < -0.3 is 14.2 Å². The third-order valence-electron chi connectivity index (χ3n) is 4.64. The lowest BCUT2D eigenvalue weighted by Gasteiger charge is -2.36. The summed E-state index contributed by atoms with van der Waals surface area (Å²) in [5.74, 6) is -0.374. The van der Waals surface area contributed by atoms with Crippen molar-refractivity contribution in [1.29, 1.82) is 0 Å². The van der Waals surface area contributed by atoms with Crippen molar-refractivity contribution in [1.82, 2.24) is 0 Å². The molecule has 0 N–H and O–H groups in total. The summed E-state index contributed by atoms with van der Waals surface area (Å²) in [7, 11) is 4.91. The van der Waals surface area contributed by atoms with Gasteiger partial charge in [0.25, 0.3) is 5.97 Å². The number of ether oxygens (including phenoxy) is 3. The number of hydrogen-bond donors (Lipinski definition) is 0. The van der Waals surface area contributed by atoms with Crippen molar-refractivity contribution >= 4 is 11.6 Å². The SMILES string of the molecule is CCCCCCCC(c1ccc(CCCl)cc1)C(OC)(OC)OC. The van der Waals surface area contributed by atoms with Gasteiger partial charge in [-0.05, 0) is 24.0 Å². The Morgan fingerprint density at radius 3 is 2.00 bits per heavy atom.